The number of rotatable bonds is 4. The van der Waals surface area contributed by atoms with E-state index in [1.165, 1.54) is 19.2 Å². The van der Waals surface area contributed by atoms with Crippen molar-refractivity contribution in [3.05, 3.63) is 33.9 Å². The van der Waals surface area contributed by atoms with Gasteiger partial charge < -0.3 is 4.74 Å². The van der Waals surface area contributed by atoms with Crippen LogP contribution in [0.25, 0.3) is 0 Å². The van der Waals surface area contributed by atoms with Crippen LogP contribution in [0.3, 0.4) is 0 Å². The molecule has 0 unspecified atom stereocenters. The topological polar surface area (TPSA) is 76.2 Å². The summed E-state index contributed by atoms with van der Waals surface area (Å²) in [6, 6.07) is 7.03. The Labute approximate surface area is 105 Å². The minimum absolute atomic E-state index is 0.0109. The van der Waals surface area contributed by atoms with Crippen LogP contribution in [0, 0.1) is 26.9 Å². The van der Waals surface area contributed by atoms with E-state index in [0.717, 1.165) is 24.8 Å². The average molecular weight is 246 g/mol. The summed E-state index contributed by atoms with van der Waals surface area (Å²) in [6.45, 7) is 0. The molecule has 94 valence electrons. The monoisotopic (exact) mass is 246 g/mol. The molecule has 1 aromatic rings. The smallest absolute Gasteiger partial charge is 0.273 e. The number of ether oxygens (including phenoxy) is 1. The molecule has 0 atom stereocenters. The van der Waals surface area contributed by atoms with Crippen LogP contribution < -0.4 is 4.74 Å². The van der Waals surface area contributed by atoms with Crippen molar-refractivity contribution >= 4 is 5.69 Å². The Balaban J connectivity index is 2.30. The van der Waals surface area contributed by atoms with E-state index >= 15 is 0 Å². The van der Waals surface area contributed by atoms with Gasteiger partial charge in [0.15, 0.2) is 0 Å². The molecule has 18 heavy (non-hydrogen) atoms. The van der Waals surface area contributed by atoms with Gasteiger partial charge in [-0.15, -0.1) is 0 Å². The van der Waals surface area contributed by atoms with Gasteiger partial charge in [-0.1, -0.05) is 6.42 Å². The average Bonchev–Trinajstić information content (AvgIpc) is 2.33. The fraction of sp³-hybridized carbons (Fsp3) is 0.462. The SMILES string of the molecule is COc1cc(CC2(C#N)CCC2)cc([N+](=O)[O-])c1. The normalized spacial score (nSPS) is 16.4. The molecule has 0 radical (unpaired) electrons. The molecule has 1 saturated carbocycles. The molecule has 0 N–H and O–H groups in total. The molecule has 0 amide bonds. The summed E-state index contributed by atoms with van der Waals surface area (Å²) < 4.78 is 5.06. The van der Waals surface area contributed by atoms with Crippen LogP contribution in [0.5, 0.6) is 5.75 Å². The van der Waals surface area contributed by atoms with E-state index < -0.39 is 4.92 Å². The number of benzene rings is 1. The summed E-state index contributed by atoms with van der Waals surface area (Å²) in [5.41, 5.74) is 0.472. The first kappa shape index (κ1) is 12.4. The van der Waals surface area contributed by atoms with Crippen molar-refractivity contribution in [3.8, 4) is 11.8 Å². The Morgan fingerprint density at radius 2 is 2.22 bits per heavy atom. The number of nitro groups is 1. The number of nitriles is 1. The molecule has 1 aliphatic rings. The molecule has 0 bridgehead atoms. The van der Waals surface area contributed by atoms with Crippen LogP contribution in [-0.2, 0) is 6.42 Å². The molecule has 1 aliphatic carbocycles. The summed E-state index contributed by atoms with van der Waals surface area (Å²) in [5.74, 6) is 0.464. The first-order valence-corrected chi connectivity index (χ1v) is 5.82. The Kier molecular flexibility index (Phi) is 3.19. The van der Waals surface area contributed by atoms with Crippen molar-refractivity contribution in [3.63, 3.8) is 0 Å². The maximum Gasteiger partial charge on any atom is 0.273 e. The highest BCUT2D eigenvalue weighted by Gasteiger charge is 2.37. The third-order valence-electron chi connectivity index (χ3n) is 3.49. The molecule has 0 aromatic heterocycles. The van der Waals surface area contributed by atoms with Crippen molar-refractivity contribution in [1.29, 1.82) is 5.26 Å². The molecular weight excluding hydrogens is 232 g/mol. The molecule has 2 rings (SSSR count). The van der Waals surface area contributed by atoms with Crippen LogP contribution in [0.4, 0.5) is 5.69 Å². The third-order valence-corrected chi connectivity index (χ3v) is 3.49. The Bertz CT molecular complexity index is 515. The van der Waals surface area contributed by atoms with Crippen LogP contribution in [0.15, 0.2) is 18.2 Å². The zero-order valence-corrected chi connectivity index (χ0v) is 10.2. The number of nitrogens with zero attached hydrogens (tertiary/aromatic N) is 2. The highest BCUT2D eigenvalue weighted by Crippen LogP contribution is 2.43. The first-order chi connectivity index (χ1) is 8.58. The summed E-state index contributed by atoms with van der Waals surface area (Å²) >= 11 is 0. The van der Waals surface area contributed by atoms with Crippen molar-refractivity contribution in [2.24, 2.45) is 5.41 Å². The van der Waals surface area contributed by atoms with Crippen molar-refractivity contribution in [2.45, 2.75) is 25.7 Å². The fourth-order valence-electron chi connectivity index (χ4n) is 2.29. The zero-order valence-electron chi connectivity index (χ0n) is 10.2. The van der Waals surface area contributed by atoms with Crippen molar-refractivity contribution in [2.75, 3.05) is 7.11 Å². The van der Waals surface area contributed by atoms with E-state index in [2.05, 4.69) is 6.07 Å². The van der Waals surface area contributed by atoms with Crippen LogP contribution in [-0.4, -0.2) is 12.0 Å². The molecule has 0 heterocycles. The molecule has 1 aromatic carbocycles. The van der Waals surface area contributed by atoms with Gasteiger partial charge in [0, 0.05) is 6.07 Å². The van der Waals surface area contributed by atoms with Crippen LogP contribution >= 0.6 is 0 Å². The molecule has 1 fully saturated rings. The summed E-state index contributed by atoms with van der Waals surface area (Å²) in [4.78, 5) is 10.4. The highest BCUT2D eigenvalue weighted by molar-refractivity contribution is 5.43. The Hall–Kier alpha value is -2.09. The van der Waals surface area contributed by atoms with Gasteiger partial charge in [-0.05, 0) is 30.9 Å². The lowest BCUT2D eigenvalue weighted by atomic mass is 9.66. The third kappa shape index (κ3) is 2.28. The summed E-state index contributed by atoms with van der Waals surface area (Å²) in [6.07, 6.45) is 3.35. The molecule has 5 nitrogen and oxygen atoms in total. The summed E-state index contributed by atoms with van der Waals surface area (Å²) in [7, 11) is 1.48. The lowest BCUT2D eigenvalue weighted by Crippen LogP contribution is -2.29. The molecule has 0 saturated heterocycles. The van der Waals surface area contributed by atoms with Gasteiger partial charge in [-0.3, -0.25) is 10.1 Å². The lowest BCUT2D eigenvalue weighted by molar-refractivity contribution is -0.385. The Morgan fingerprint density at radius 1 is 1.50 bits per heavy atom. The number of hydrogen-bond donors (Lipinski definition) is 0. The second-order valence-electron chi connectivity index (χ2n) is 4.72. The number of hydrogen-bond acceptors (Lipinski definition) is 4. The number of methoxy groups -OCH3 is 1. The van der Waals surface area contributed by atoms with Gasteiger partial charge >= 0.3 is 0 Å². The second-order valence-corrected chi connectivity index (χ2v) is 4.72. The standard InChI is InChI=1S/C13H14N2O3/c1-18-12-6-10(5-11(7-12)15(16)17)8-13(9-14)3-2-4-13/h5-7H,2-4,8H2,1H3. The van der Waals surface area contributed by atoms with E-state index in [4.69, 9.17) is 4.74 Å². The summed E-state index contributed by atoms with van der Waals surface area (Å²) in [5, 5.41) is 20.0. The minimum Gasteiger partial charge on any atom is -0.496 e. The maximum atomic E-state index is 10.8. The second kappa shape index (κ2) is 4.65. The molecule has 0 spiro atoms. The quantitative estimate of drug-likeness (QED) is 0.604. The van der Waals surface area contributed by atoms with Gasteiger partial charge in [-0.2, -0.15) is 5.26 Å². The largest absolute Gasteiger partial charge is 0.496 e. The zero-order chi connectivity index (χ0) is 13.2. The van der Waals surface area contributed by atoms with Gasteiger partial charge in [0.05, 0.1) is 29.6 Å². The number of nitro benzene ring substituents is 1. The van der Waals surface area contributed by atoms with Crippen molar-refractivity contribution in [1.82, 2.24) is 0 Å². The lowest BCUT2D eigenvalue weighted by Gasteiger charge is -2.35. The first-order valence-electron chi connectivity index (χ1n) is 5.82. The predicted octanol–water partition coefficient (Wildman–Crippen LogP) is 2.84. The van der Waals surface area contributed by atoms with E-state index in [0.29, 0.717) is 12.2 Å². The van der Waals surface area contributed by atoms with Gasteiger partial charge in [0.2, 0.25) is 0 Å². The Morgan fingerprint density at radius 3 is 2.67 bits per heavy atom. The highest BCUT2D eigenvalue weighted by atomic mass is 16.6. The number of non-ortho nitro benzene ring substituents is 1. The molecule has 0 aliphatic heterocycles. The maximum absolute atomic E-state index is 10.8. The van der Waals surface area contributed by atoms with E-state index in [1.807, 2.05) is 0 Å². The van der Waals surface area contributed by atoms with Gasteiger partial charge in [-0.25, -0.2) is 0 Å². The van der Waals surface area contributed by atoms with Crippen LogP contribution in [0.1, 0.15) is 24.8 Å². The van der Waals surface area contributed by atoms with E-state index in [1.54, 1.807) is 6.07 Å². The predicted molar refractivity (Wildman–Crippen MR) is 65.2 cm³/mol. The molecular formula is C13H14N2O3. The van der Waals surface area contributed by atoms with Gasteiger partial charge in [0.25, 0.3) is 5.69 Å². The minimum atomic E-state index is -0.439. The van der Waals surface area contributed by atoms with Crippen molar-refractivity contribution < 1.29 is 9.66 Å². The van der Waals surface area contributed by atoms with E-state index in [9.17, 15) is 15.4 Å². The van der Waals surface area contributed by atoms with Gasteiger partial charge in [0.1, 0.15) is 5.75 Å². The molecule has 5 heteroatoms. The van der Waals surface area contributed by atoms with Crippen LogP contribution in [0.2, 0.25) is 0 Å². The fourth-order valence-corrected chi connectivity index (χ4v) is 2.29. The van der Waals surface area contributed by atoms with E-state index in [-0.39, 0.29) is 11.1 Å².